The van der Waals surface area contributed by atoms with Crippen LogP contribution in [0.5, 0.6) is 17.2 Å². The van der Waals surface area contributed by atoms with Gasteiger partial charge >= 0.3 is 12.4 Å². The van der Waals surface area contributed by atoms with E-state index in [1.165, 1.54) is 6.92 Å². The van der Waals surface area contributed by atoms with E-state index in [2.05, 4.69) is 0 Å². The maximum absolute atomic E-state index is 13.5. The zero-order chi connectivity index (χ0) is 23.6. The lowest BCUT2D eigenvalue weighted by atomic mass is 9.99. The lowest BCUT2D eigenvalue weighted by molar-refractivity contribution is -0.111. The molecular formula is C21H16F6O4. The quantitative estimate of drug-likeness (QED) is 0.465. The van der Waals surface area contributed by atoms with E-state index < -0.39 is 46.2 Å². The second-order valence-electron chi connectivity index (χ2n) is 6.40. The number of ketones is 1. The molecule has 0 heterocycles. The monoisotopic (exact) mass is 446 g/mol. The first kappa shape index (κ1) is 23.8. The Morgan fingerprint density at radius 1 is 0.839 bits per heavy atom. The van der Waals surface area contributed by atoms with Gasteiger partial charge in [-0.15, -0.1) is 0 Å². The van der Waals surface area contributed by atoms with Gasteiger partial charge in [-0.25, -0.2) is 0 Å². The van der Waals surface area contributed by atoms with Crippen molar-refractivity contribution < 1.29 is 46.1 Å². The number of phenolic OH excluding ortho intramolecular Hbond substituents is 2. The number of hydrogen-bond donors (Lipinski definition) is 2. The van der Waals surface area contributed by atoms with Gasteiger partial charge in [-0.1, -0.05) is 12.1 Å². The Bertz CT molecular complexity index is 1050. The normalized spacial score (nSPS) is 13.3. The summed E-state index contributed by atoms with van der Waals surface area (Å²) in [7, 11) is 1.10. The van der Waals surface area contributed by atoms with Crippen molar-refractivity contribution in [3.05, 3.63) is 65.2 Å². The van der Waals surface area contributed by atoms with Crippen molar-refractivity contribution >= 4 is 16.9 Å². The molecule has 0 aliphatic heterocycles. The number of benzene rings is 2. The fourth-order valence-corrected chi connectivity index (χ4v) is 2.65. The number of alkyl halides is 6. The van der Waals surface area contributed by atoms with Crippen LogP contribution >= 0.6 is 0 Å². The van der Waals surface area contributed by atoms with Crippen molar-refractivity contribution in [2.24, 2.45) is 0 Å². The van der Waals surface area contributed by atoms with Gasteiger partial charge in [-0.3, -0.25) is 4.79 Å². The number of aryl methyl sites for hydroxylation is 1. The first-order chi connectivity index (χ1) is 14.2. The molecule has 4 nitrogen and oxygen atoms in total. The van der Waals surface area contributed by atoms with Crippen LogP contribution in [0.2, 0.25) is 0 Å². The fourth-order valence-electron chi connectivity index (χ4n) is 2.65. The van der Waals surface area contributed by atoms with Crippen molar-refractivity contribution in [3.8, 4) is 17.2 Å². The molecule has 0 amide bonds. The summed E-state index contributed by atoms with van der Waals surface area (Å²) in [5, 5.41) is 19.0. The van der Waals surface area contributed by atoms with Crippen LogP contribution in [0.1, 0.15) is 16.7 Å². The Morgan fingerprint density at radius 2 is 1.29 bits per heavy atom. The number of carbonyl (C=O) groups is 1. The highest BCUT2D eigenvalue weighted by molar-refractivity contribution is 6.09. The minimum atomic E-state index is -5.08. The van der Waals surface area contributed by atoms with Gasteiger partial charge in [0, 0.05) is 0 Å². The second-order valence-corrected chi connectivity index (χ2v) is 6.40. The number of halogens is 6. The molecule has 2 aromatic rings. The molecule has 31 heavy (non-hydrogen) atoms. The van der Waals surface area contributed by atoms with Gasteiger partial charge < -0.3 is 14.9 Å². The Hall–Kier alpha value is -3.43. The third-order valence-electron chi connectivity index (χ3n) is 4.18. The zero-order valence-corrected chi connectivity index (χ0v) is 16.1. The van der Waals surface area contributed by atoms with Gasteiger partial charge in [-0.2, -0.15) is 26.3 Å². The fraction of sp³-hybridized carbons (Fsp3) is 0.190. The average Bonchev–Trinajstić information content (AvgIpc) is 2.65. The molecule has 2 aromatic carbocycles. The first-order valence-corrected chi connectivity index (χ1v) is 8.53. The lowest BCUT2D eigenvalue weighted by Crippen LogP contribution is -2.14. The number of rotatable bonds is 5. The molecule has 0 fully saturated rings. The molecule has 2 N–H and O–H groups in total. The maximum atomic E-state index is 13.5. The molecule has 0 aliphatic carbocycles. The van der Waals surface area contributed by atoms with Crippen molar-refractivity contribution in [1.29, 1.82) is 0 Å². The minimum Gasteiger partial charge on any atom is -0.508 e. The Morgan fingerprint density at radius 3 is 1.71 bits per heavy atom. The number of phenols is 2. The van der Waals surface area contributed by atoms with E-state index in [1.807, 2.05) is 0 Å². The SMILES string of the molecule is COc1cc(/C(=C/C(=O)/C=C(/c2ccc(O)c(C)c2)C(F)(F)F)C(F)(F)F)ccc1O. The number of aromatic hydroxyl groups is 2. The summed E-state index contributed by atoms with van der Waals surface area (Å²) in [6.07, 6.45) is -10.0. The molecule has 0 bridgehead atoms. The highest BCUT2D eigenvalue weighted by Crippen LogP contribution is 2.39. The average molecular weight is 446 g/mol. The number of hydrogen-bond acceptors (Lipinski definition) is 4. The predicted octanol–water partition coefficient (Wildman–Crippen LogP) is 5.58. The van der Waals surface area contributed by atoms with Crippen LogP contribution in [0.15, 0.2) is 48.6 Å². The Kier molecular flexibility index (Phi) is 6.73. The number of methoxy groups -OCH3 is 1. The molecule has 0 saturated heterocycles. The van der Waals surface area contributed by atoms with Crippen molar-refractivity contribution in [1.82, 2.24) is 0 Å². The highest BCUT2D eigenvalue weighted by Gasteiger charge is 2.37. The molecule has 0 aromatic heterocycles. The largest absolute Gasteiger partial charge is 0.508 e. The van der Waals surface area contributed by atoms with Gasteiger partial charge in [0.15, 0.2) is 17.3 Å². The molecular weight excluding hydrogens is 430 g/mol. The molecule has 0 saturated carbocycles. The summed E-state index contributed by atoms with van der Waals surface area (Å²) in [6.45, 7) is 1.33. The van der Waals surface area contributed by atoms with E-state index in [9.17, 15) is 41.4 Å². The van der Waals surface area contributed by atoms with Crippen LogP contribution in [0.4, 0.5) is 26.3 Å². The number of allylic oxidation sites excluding steroid dienone is 4. The van der Waals surface area contributed by atoms with Crippen molar-refractivity contribution in [2.75, 3.05) is 7.11 Å². The number of ether oxygens (including phenoxy) is 1. The zero-order valence-electron chi connectivity index (χ0n) is 16.1. The van der Waals surface area contributed by atoms with E-state index in [0.29, 0.717) is 0 Å². The van der Waals surface area contributed by atoms with E-state index >= 15 is 0 Å². The maximum Gasteiger partial charge on any atom is 0.417 e. The van der Waals surface area contributed by atoms with Crippen LogP contribution in [0.3, 0.4) is 0 Å². The van der Waals surface area contributed by atoms with E-state index in [-0.39, 0.29) is 29.2 Å². The third-order valence-corrected chi connectivity index (χ3v) is 4.18. The van der Waals surface area contributed by atoms with Gasteiger partial charge in [0.2, 0.25) is 0 Å². The summed E-state index contributed by atoms with van der Waals surface area (Å²) >= 11 is 0. The summed E-state index contributed by atoms with van der Waals surface area (Å²) in [6, 6.07) is 5.39. The lowest BCUT2D eigenvalue weighted by Gasteiger charge is -2.14. The van der Waals surface area contributed by atoms with Gasteiger partial charge in [0.1, 0.15) is 5.75 Å². The molecule has 10 heteroatoms. The molecule has 0 radical (unpaired) electrons. The molecule has 2 rings (SSSR count). The van der Waals surface area contributed by atoms with Crippen molar-refractivity contribution in [3.63, 3.8) is 0 Å². The Balaban J connectivity index is 2.60. The van der Waals surface area contributed by atoms with E-state index in [1.54, 1.807) is 0 Å². The van der Waals surface area contributed by atoms with Crippen LogP contribution in [-0.4, -0.2) is 35.5 Å². The van der Waals surface area contributed by atoms with Crippen LogP contribution in [0, 0.1) is 6.92 Å². The molecule has 166 valence electrons. The van der Waals surface area contributed by atoms with E-state index in [4.69, 9.17) is 4.74 Å². The van der Waals surface area contributed by atoms with Crippen molar-refractivity contribution in [2.45, 2.75) is 19.3 Å². The summed E-state index contributed by atoms with van der Waals surface area (Å²) < 4.78 is 85.6. The van der Waals surface area contributed by atoms with Gasteiger partial charge in [-0.05, 0) is 60.0 Å². The topological polar surface area (TPSA) is 66.8 Å². The summed E-state index contributed by atoms with van der Waals surface area (Å²) in [4.78, 5) is 12.2. The van der Waals surface area contributed by atoms with Crippen LogP contribution in [0.25, 0.3) is 11.1 Å². The first-order valence-electron chi connectivity index (χ1n) is 8.53. The van der Waals surface area contributed by atoms with E-state index in [0.717, 1.165) is 43.5 Å². The minimum absolute atomic E-state index is 0.0326. The summed E-state index contributed by atoms with van der Waals surface area (Å²) in [5.74, 6) is -2.61. The Labute approximate surface area is 172 Å². The molecule has 0 unspecified atom stereocenters. The van der Waals surface area contributed by atoms with Crippen LogP contribution < -0.4 is 4.74 Å². The summed E-state index contributed by atoms with van der Waals surface area (Å²) in [5.41, 5.74) is -3.98. The molecule has 0 aliphatic rings. The standard InChI is InChI=1S/C21H16F6O4/c1-11-7-12(3-5-17(11)29)15(20(22,23)24)9-14(28)10-16(21(25,26)27)13-4-6-18(30)19(8-13)31-2/h3-10,29-30H,1-2H3/b15-9-,16-10-. The number of carbonyl (C=O) groups excluding carboxylic acids is 1. The predicted molar refractivity (Wildman–Crippen MR) is 101 cm³/mol. The van der Waals surface area contributed by atoms with Gasteiger partial charge in [0.05, 0.1) is 18.3 Å². The third kappa shape index (κ3) is 5.80. The molecule has 0 spiro atoms. The van der Waals surface area contributed by atoms with Crippen LogP contribution in [-0.2, 0) is 4.79 Å². The second kappa shape index (κ2) is 8.75. The highest BCUT2D eigenvalue weighted by atomic mass is 19.4. The molecule has 0 atom stereocenters. The van der Waals surface area contributed by atoms with Gasteiger partial charge in [0.25, 0.3) is 0 Å². The smallest absolute Gasteiger partial charge is 0.417 e.